The van der Waals surface area contributed by atoms with Crippen LogP contribution in [0, 0.1) is 10.1 Å². The minimum atomic E-state index is -1.09. The van der Waals surface area contributed by atoms with Crippen LogP contribution >= 0.6 is 11.3 Å². The third-order valence-corrected chi connectivity index (χ3v) is 3.93. The van der Waals surface area contributed by atoms with E-state index in [2.05, 4.69) is 0 Å². The monoisotopic (exact) mass is 306 g/mol. The van der Waals surface area contributed by atoms with Crippen LogP contribution in [0.4, 0.5) is 11.4 Å². The van der Waals surface area contributed by atoms with Gasteiger partial charge in [-0.15, -0.1) is 11.3 Å². The molecular weight excluding hydrogens is 292 g/mol. The fraction of sp³-hybridized carbons (Fsp3) is 0.214. The van der Waals surface area contributed by atoms with Crippen molar-refractivity contribution in [3.63, 3.8) is 0 Å². The molecule has 0 saturated carbocycles. The first-order valence-corrected chi connectivity index (χ1v) is 7.20. The number of carbonyl (C=O) groups is 1. The molecule has 7 heteroatoms. The lowest BCUT2D eigenvalue weighted by molar-refractivity contribution is -0.384. The number of benzene rings is 1. The first-order chi connectivity index (χ1) is 10.0. The molecule has 1 heterocycles. The van der Waals surface area contributed by atoms with Gasteiger partial charge in [0.05, 0.1) is 22.7 Å². The van der Waals surface area contributed by atoms with Crippen molar-refractivity contribution in [3.05, 3.63) is 56.3 Å². The van der Waals surface area contributed by atoms with Gasteiger partial charge in [-0.2, -0.15) is 0 Å². The minimum Gasteiger partial charge on any atom is -0.478 e. The first kappa shape index (κ1) is 15.0. The molecule has 2 rings (SSSR count). The van der Waals surface area contributed by atoms with Crippen LogP contribution in [0.3, 0.4) is 0 Å². The van der Waals surface area contributed by atoms with Gasteiger partial charge in [0, 0.05) is 23.6 Å². The number of rotatable bonds is 6. The van der Waals surface area contributed by atoms with Gasteiger partial charge in [-0.3, -0.25) is 10.1 Å². The number of hydrogen-bond acceptors (Lipinski definition) is 5. The fourth-order valence-corrected chi connectivity index (χ4v) is 2.75. The molecule has 0 aliphatic rings. The Balaban J connectivity index is 2.44. The lowest BCUT2D eigenvalue weighted by atomic mass is 10.1. The Labute approximate surface area is 125 Å². The summed E-state index contributed by atoms with van der Waals surface area (Å²) >= 11 is 1.56. The zero-order chi connectivity index (χ0) is 15.4. The van der Waals surface area contributed by atoms with Crippen LogP contribution < -0.4 is 4.90 Å². The third-order valence-electron chi connectivity index (χ3n) is 3.07. The van der Waals surface area contributed by atoms with E-state index in [1.165, 1.54) is 18.2 Å². The Hall–Kier alpha value is -2.41. The standard InChI is InChI=1S/C14H14N2O4S/c1-2-15(9-11-4-3-7-21-11)13-8-10(16(19)20)5-6-12(13)14(17)18/h3-8H,2,9H2,1H3,(H,17,18). The van der Waals surface area contributed by atoms with E-state index >= 15 is 0 Å². The molecule has 0 fully saturated rings. The van der Waals surface area contributed by atoms with Crippen LogP contribution in [-0.2, 0) is 6.54 Å². The lowest BCUT2D eigenvalue weighted by Gasteiger charge is -2.24. The zero-order valence-electron chi connectivity index (χ0n) is 11.4. The summed E-state index contributed by atoms with van der Waals surface area (Å²) in [6, 6.07) is 7.68. The molecule has 1 aromatic carbocycles. The van der Waals surface area contributed by atoms with Gasteiger partial charge in [-0.25, -0.2) is 4.79 Å². The van der Waals surface area contributed by atoms with E-state index in [0.29, 0.717) is 18.8 Å². The highest BCUT2D eigenvalue weighted by molar-refractivity contribution is 7.09. The highest BCUT2D eigenvalue weighted by Gasteiger charge is 2.19. The molecule has 21 heavy (non-hydrogen) atoms. The molecule has 1 N–H and O–H groups in total. The van der Waals surface area contributed by atoms with Crippen molar-refractivity contribution in [1.29, 1.82) is 0 Å². The number of nitrogens with zero attached hydrogens (tertiary/aromatic N) is 2. The molecule has 0 unspecified atom stereocenters. The van der Waals surface area contributed by atoms with Crippen LogP contribution in [0.1, 0.15) is 22.2 Å². The number of nitro groups is 1. The molecule has 6 nitrogen and oxygen atoms in total. The fourth-order valence-electron chi connectivity index (χ4n) is 2.03. The quantitative estimate of drug-likeness (QED) is 0.653. The molecule has 0 saturated heterocycles. The highest BCUT2D eigenvalue weighted by Crippen LogP contribution is 2.28. The van der Waals surface area contributed by atoms with E-state index in [1.807, 2.05) is 29.3 Å². The van der Waals surface area contributed by atoms with E-state index in [9.17, 15) is 20.0 Å². The summed E-state index contributed by atoms with van der Waals surface area (Å²) in [6.07, 6.45) is 0. The number of aromatic carboxylic acids is 1. The SMILES string of the molecule is CCN(Cc1cccs1)c1cc([N+](=O)[O-])ccc1C(=O)O. The van der Waals surface area contributed by atoms with Crippen molar-refractivity contribution < 1.29 is 14.8 Å². The van der Waals surface area contributed by atoms with Crippen molar-refractivity contribution in [2.45, 2.75) is 13.5 Å². The van der Waals surface area contributed by atoms with Crippen molar-refractivity contribution in [1.82, 2.24) is 0 Å². The van der Waals surface area contributed by atoms with E-state index in [0.717, 1.165) is 4.88 Å². The van der Waals surface area contributed by atoms with Crippen molar-refractivity contribution in [2.75, 3.05) is 11.4 Å². The maximum atomic E-state index is 11.3. The number of thiophene rings is 1. The second kappa shape index (κ2) is 6.36. The molecule has 110 valence electrons. The van der Waals surface area contributed by atoms with Gasteiger partial charge >= 0.3 is 5.97 Å². The third kappa shape index (κ3) is 3.38. The van der Waals surface area contributed by atoms with Crippen LogP contribution in [0.25, 0.3) is 0 Å². The first-order valence-electron chi connectivity index (χ1n) is 6.32. The molecule has 1 aromatic heterocycles. The molecule has 0 aliphatic heterocycles. The van der Waals surface area contributed by atoms with Crippen molar-refractivity contribution in [3.8, 4) is 0 Å². The van der Waals surface area contributed by atoms with E-state index < -0.39 is 10.9 Å². The number of carboxylic acid groups (broad SMARTS) is 1. The zero-order valence-corrected chi connectivity index (χ0v) is 12.2. The molecule has 0 amide bonds. The summed E-state index contributed by atoms with van der Waals surface area (Å²) in [4.78, 5) is 24.6. The lowest BCUT2D eigenvalue weighted by Crippen LogP contribution is -2.24. The van der Waals surface area contributed by atoms with Gasteiger partial charge in [-0.1, -0.05) is 6.07 Å². The summed E-state index contributed by atoms with van der Waals surface area (Å²) in [5.41, 5.74) is 0.325. The molecule has 0 atom stereocenters. The molecule has 2 aromatic rings. The second-order valence-electron chi connectivity index (χ2n) is 4.36. The maximum absolute atomic E-state index is 11.3. The molecule has 0 bridgehead atoms. The van der Waals surface area contributed by atoms with Crippen LogP contribution in [0.15, 0.2) is 35.7 Å². The predicted octanol–water partition coefficient (Wildman–Crippen LogP) is 3.38. The number of hydrogen-bond donors (Lipinski definition) is 1. The largest absolute Gasteiger partial charge is 0.478 e. The summed E-state index contributed by atoms with van der Waals surface area (Å²) in [7, 11) is 0. The van der Waals surface area contributed by atoms with Gasteiger partial charge in [0.2, 0.25) is 0 Å². The smallest absolute Gasteiger partial charge is 0.337 e. The van der Waals surface area contributed by atoms with Crippen molar-refractivity contribution in [2.24, 2.45) is 0 Å². The number of carboxylic acids is 1. The highest BCUT2D eigenvalue weighted by atomic mass is 32.1. The van der Waals surface area contributed by atoms with Crippen LogP contribution in [0.5, 0.6) is 0 Å². The molecule has 0 spiro atoms. The number of anilines is 1. The van der Waals surface area contributed by atoms with Gasteiger partial charge in [0.15, 0.2) is 0 Å². The number of nitro benzene ring substituents is 1. The average molecular weight is 306 g/mol. The topological polar surface area (TPSA) is 83.7 Å². The van der Waals surface area contributed by atoms with E-state index in [4.69, 9.17) is 0 Å². The summed E-state index contributed by atoms with van der Waals surface area (Å²) < 4.78 is 0. The summed E-state index contributed by atoms with van der Waals surface area (Å²) in [5, 5.41) is 22.1. The Morgan fingerprint density at radius 3 is 2.71 bits per heavy atom. The van der Waals surface area contributed by atoms with E-state index in [-0.39, 0.29) is 11.3 Å². The summed E-state index contributed by atoms with van der Waals surface area (Å²) in [5.74, 6) is -1.09. The Bertz CT molecular complexity index is 655. The van der Waals surface area contributed by atoms with Crippen LogP contribution in [-0.4, -0.2) is 22.5 Å². The molecular formula is C14H14N2O4S. The molecule has 0 aliphatic carbocycles. The molecule has 0 radical (unpaired) electrons. The Morgan fingerprint density at radius 2 is 2.19 bits per heavy atom. The average Bonchev–Trinajstić information content (AvgIpc) is 2.96. The normalized spacial score (nSPS) is 10.3. The summed E-state index contributed by atoms with van der Waals surface area (Å²) in [6.45, 7) is 2.97. The van der Waals surface area contributed by atoms with Gasteiger partial charge in [0.25, 0.3) is 5.69 Å². The van der Waals surface area contributed by atoms with Gasteiger partial charge < -0.3 is 10.0 Å². The van der Waals surface area contributed by atoms with E-state index in [1.54, 1.807) is 11.3 Å². The predicted molar refractivity (Wildman–Crippen MR) is 81.1 cm³/mol. The van der Waals surface area contributed by atoms with Gasteiger partial charge in [-0.05, 0) is 24.4 Å². The van der Waals surface area contributed by atoms with Crippen LogP contribution in [0.2, 0.25) is 0 Å². The minimum absolute atomic E-state index is 0.0685. The van der Waals surface area contributed by atoms with Gasteiger partial charge in [0.1, 0.15) is 0 Å². The Morgan fingerprint density at radius 1 is 1.43 bits per heavy atom. The Kier molecular flexibility index (Phi) is 4.54. The van der Waals surface area contributed by atoms with Crippen molar-refractivity contribution >= 4 is 28.7 Å². The number of non-ortho nitro benzene ring substituents is 1. The second-order valence-corrected chi connectivity index (χ2v) is 5.39. The maximum Gasteiger partial charge on any atom is 0.337 e.